The van der Waals surface area contributed by atoms with Gasteiger partial charge in [-0.15, -0.1) is 7.05 Å². The fourth-order valence-corrected chi connectivity index (χ4v) is 2.22. The number of quaternary nitrogens is 1. The molecule has 0 radical (unpaired) electrons. The monoisotopic (exact) mass is 235 g/mol. The highest BCUT2D eigenvalue weighted by atomic mass is 16.6. The average molecular weight is 235 g/mol. The molecule has 0 saturated carbocycles. The number of hydrogen-bond donors (Lipinski definition) is 1. The van der Waals surface area contributed by atoms with Crippen LogP contribution < -0.4 is 10.2 Å². The standard InChI is InChI=1S/C12H17N3O2/c1-13-10-5-6-11(12(9-10)15(16)17)14-7-3-2-4-8-14/h5-6,9H,1-4,7-8,13H2. The summed E-state index contributed by atoms with van der Waals surface area (Å²) in [6, 6.07) is 5.31. The van der Waals surface area contributed by atoms with Gasteiger partial charge >= 0.3 is 0 Å². The second kappa shape index (κ2) is 5.14. The van der Waals surface area contributed by atoms with Gasteiger partial charge < -0.3 is 10.2 Å². The van der Waals surface area contributed by atoms with Crippen molar-refractivity contribution in [2.75, 3.05) is 18.0 Å². The summed E-state index contributed by atoms with van der Waals surface area (Å²) in [7, 11) is 3.64. The summed E-state index contributed by atoms with van der Waals surface area (Å²) in [5.74, 6) is 0. The third-order valence-corrected chi connectivity index (χ3v) is 3.13. The number of nitrogens with two attached hydrogens (primary N) is 1. The Balaban J connectivity index is 2.34. The lowest BCUT2D eigenvalue weighted by atomic mass is 10.1. The summed E-state index contributed by atoms with van der Waals surface area (Å²) in [5, 5.41) is 12.7. The Labute approximate surface area is 101 Å². The van der Waals surface area contributed by atoms with E-state index >= 15 is 0 Å². The molecule has 0 unspecified atom stereocenters. The summed E-state index contributed by atoms with van der Waals surface area (Å²) in [4.78, 5) is 12.9. The zero-order valence-electron chi connectivity index (χ0n) is 9.76. The third-order valence-electron chi connectivity index (χ3n) is 3.13. The molecule has 0 spiro atoms. The van der Waals surface area contributed by atoms with Crippen LogP contribution in [0.2, 0.25) is 0 Å². The van der Waals surface area contributed by atoms with Crippen LogP contribution in [0.25, 0.3) is 0 Å². The Kier molecular flexibility index (Phi) is 3.58. The minimum Gasteiger partial charge on any atom is -0.446 e. The van der Waals surface area contributed by atoms with Gasteiger partial charge in [-0.2, -0.15) is 0 Å². The number of nitrogens with zero attached hydrogens (tertiary/aromatic N) is 2. The normalized spacial score (nSPS) is 15.9. The largest absolute Gasteiger partial charge is 0.446 e. The van der Waals surface area contributed by atoms with Crippen LogP contribution in [0.5, 0.6) is 0 Å². The number of benzene rings is 1. The van der Waals surface area contributed by atoms with Gasteiger partial charge in [0.2, 0.25) is 0 Å². The van der Waals surface area contributed by atoms with Crippen molar-refractivity contribution in [2.45, 2.75) is 19.3 Å². The molecule has 17 heavy (non-hydrogen) atoms. The first-order valence-electron chi connectivity index (χ1n) is 5.88. The van der Waals surface area contributed by atoms with E-state index in [4.69, 9.17) is 0 Å². The van der Waals surface area contributed by atoms with Gasteiger partial charge in [0.1, 0.15) is 11.4 Å². The SMILES string of the molecule is [CH2-][NH2+]c1ccc(N2CCCCC2)c([N+](=O)[O-])c1. The molecule has 1 aliphatic heterocycles. The maximum atomic E-state index is 11.1. The summed E-state index contributed by atoms with van der Waals surface area (Å²) < 4.78 is 0. The van der Waals surface area contributed by atoms with E-state index in [-0.39, 0.29) is 10.6 Å². The molecule has 0 aromatic heterocycles. The highest BCUT2D eigenvalue weighted by Gasteiger charge is 2.21. The number of rotatable bonds is 3. The van der Waals surface area contributed by atoms with Crippen LogP contribution in [0.4, 0.5) is 17.1 Å². The quantitative estimate of drug-likeness (QED) is 0.374. The first-order chi connectivity index (χ1) is 8.22. The average Bonchev–Trinajstić information content (AvgIpc) is 2.39. The molecule has 5 heteroatoms. The molecule has 1 aliphatic rings. The fourth-order valence-electron chi connectivity index (χ4n) is 2.22. The number of anilines is 1. The van der Waals surface area contributed by atoms with Crippen molar-refractivity contribution in [2.24, 2.45) is 0 Å². The van der Waals surface area contributed by atoms with Crippen LogP contribution in [-0.2, 0) is 0 Å². The van der Waals surface area contributed by atoms with E-state index in [2.05, 4.69) is 11.9 Å². The molecule has 0 aliphatic carbocycles. The van der Waals surface area contributed by atoms with Gasteiger partial charge in [0.05, 0.1) is 11.0 Å². The van der Waals surface area contributed by atoms with Gasteiger partial charge in [0.15, 0.2) is 0 Å². The van der Waals surface area contributed by atoms with E-state index in [1.165, 1.54) is 6.42 Å². The Morgan fingerprint density at radius 3 is 2.59 bits per heavy atom. The Morgan fingerprint density at radius 1 is 1.29 bits per heavy atom. The predicted octanol–water partition coefficient (Wildman–Crippen LogP) is 1.57. The van der Waals surface area contributed by atoms with Crippen LogP contribution in [0, 0.1) is 17.2 Å². The van der Waals surface area contributed by atoms with E-state index < -0.39 is 0 Å². The maximum Gasteiger partial charge on any atom is 0.298 e. The maximum absolute atomic E-state index is 11.1. The Hall–Kier alpha value is -1.62. The number of piperidine rings is 1. The minimum absolute atomic E-state index is 0.185. The number of nitro groups is 1. The molecule has 0 amide bonds. The molecule has 1 saturated heterocycles. The van der Waals surface area contributed by atoms with Gasteiger partial charge in [-0.3, -0.25) is 10.1 Å². The van der Waals surface area contributed by atoms with Gasteiger partial charge in [-0.25, -0.2) is 0 Å². The fraction of sp³-hybridized carbons (Fsp3) is 0.417. The van der Waals surface area contributed by atoms with Crippen molar-refractivity contribution >= 4 is 17.1 Å². The van der Waals surface area contributed by atoms with E-state index in [1.54, 1.807) is 11.4 Å². The Morgan fingerprint density at radius 2 is 2.00 bits per heavy atom. The van der Waals surface area contributed by atoms with Crippen LogP contribution in [0.3, 0.4) is 0 Å². The number of hydrogen-bond acceptors (Lipinski definition) is 3. The minimum atomic E-state index is -0.309. The van der Waals surface area contributed by atoms with Gasteiger partial charge in [-0.1, -0.05) is 0 Å². The molecule has 1 heterocycles. The van der Waals surface area contributed by atoms with Gasteiger partial charge in [-0.05, 0) is 31.4 Å². The molecular formula is C12H17N3O2. The second-order valence-electron chi connectivity index (χ2n) is 4.26. The van der Waals surface area contributed by atoms with Crippen LogP contribution in [0.1, 0.15) is 19.3 Å². The van der Waals surface area contributed by atoms with Crippen molar-refractivity contribution in [1.82, 2.24) is 0 Å². The zero-order chi connectivity index (χ0) is 12.3. The van der Waals surface area contributed by atoms with Crippen molar-refractivity contribution in [3.63, 3.8) is 0 Å². The van der Waals surface area contributed by atoms with Crippen LogP contribution in [-0.4, -0.2) is 18.0 Å². The number of nitro benzene ring substituents is 1. The van der Waals surface area contributed by atoms with Crippen molar-refractivity contribution in [3.05, 3.63) is 35.4 Å². The zero-order valence-corrected chi connectivity index (χ0v) is 9.76. The molecule has 92 valence electrons. The second-order valence-corrected chi connectivity index (χ2v) is 4.26. The highest BCUT2D eigenvalue weighted by molar-refractivity contribution is 5.66. The van der Waals surface area contributed by atoms with Crippen LogP contribution in [0.15, 0.2) is 18.2 Å². The molecule has 2 rings (SSSR count). The van der Waals surface area contributed by atoms with E-state index in [0.717, 1.165) is 37.3 Å². The Bertz CT molecular complexity index is 414. The molecule has 1 aromatic rings. The molecule has 2 N–H and O–H groups in total. The van der Waals surface area contributed by atoms with Crippen molar-refractivity contribution < 1.29 is 10.2 Å². The predicted molar refractivity (Wildman–Crippen MR) is 66.1 cm³/mol. The summed E-state index contributed by atoms with van der Waals surface area (Å²) in [6.45, 7) is 1.82. The molecule has 1 fully saturated rings. The van der Waals surface area contributed by atoms with Gasteiger partial charge in [0.25, 0.3) is 5.69 Å². The first kappa shape index (κ1) is 11.9. The lowest BCUT2D eigenvalue weighted by Gasteiger charge is -2.28. The molecular weight excluding hydrogens is 218 g/mol. The van der Waals surface area contributed by atoms with E-state index in [1.807, 2.05) is 12.1 Å². The smallest absolute Gasteiger partial charge is 0.298 e. The van der Waals surface area contributed by atoms with E-state index in [9.17, 15) is 10.1 Å². The van der Waals surface area contributed by atoms with Crippen molar-refractivity contribution in [3.8, 4) is 0 Å². The van der Waals surface area contributed by atoms with Crippen LogP contribution >= 0.6 is 0 Å². The summed E-state index contributed by atoms with van der Waals surface area (Å²) in [5.41, 5.74) is 1.71. The third kappa shape index (κ3) is 2.55. The lowest BCUT2D eigenvalue weighted by molar-refractivity contribution is -0.505. The first-order valence-corrected chi connectivity index (χ1v) is 5.88. The summed E-state index contributed by atoms with van der Waals surface area (Å²) in [6.07, 6.45) is 3.44. The molecule has 1 aromatic carbocycles. The molecule has 0 bridgehead atoms. The molecule has 5 nitrogen and oxygen atoms in total. The lowest BCUT2D eigenvalue weighted by Crippen LogP contribution is -2.69. The topological polar surface area (TPSA) is 63.0 Å². The highest BCUT2D eigenvalue weighted by Crippen LogP contribution is 2.31. The molecule has 0 atom stereocenters. The van der Waals surface area contributed by atoms with Crippen molar-refractivity contribution in [1.29, 1.82) is 0 Å². The summed E-state index contributed by atoms with van der Waals surface area (Å²) >= 11 is 0. The van der Waals surface area contributed by atoms with Gasteiger partial charge in [0, 0.05) is 13.1 Å². The van der Waals surface area contributed by atoms with E-state index in [0.29, 0.717) is 0 Å².